The molecule has 21 heavy (non-hydrogen) atoms. The molecule has 1 N–H and O–H groups in total. The predicted octanol–water partition coefficient (Wildman–Crippen LogP) is 3.56. The zero-order valence-corrected chi connectivity index (χ0v) is 12.2. The van der Waals surface area contributed by atoms with E-state index < -0.39 is 0 Å². The lowest BCUT2D eigenvalue weighted by Gasteiger charge is -2.21. The number of hydrogen-bond acceptors (Lipinski definition) is 3. The van der Waals surface area contributed by atoms with Gasteiger partial charge in [0.1, 0.15) is 12.4 Å². The highest BCUT2D eigenvalue weighted by Crippen LogP contribution is 2.22. The molecule has 0 heterocycles. The highest BCUT2D eigenvalue weighted by molar-refractivity contribution is 5.72. The number of ether oxygens (including phenoxy) is 1. The summed E-state index contributed by atoms with van der Waals surface area (Å²) in [6.07, 6.45) is 0. The third-order valence-corrected chi connectivity index (χ3v) is 3.30. The molecule has 0 radical (unpaired) electrons. The van der Waals surface area contributed by atoms with Gasteiger partial charge in [0, 0.05) is 6.92 Å². The number of benzene rings is 2. The average Bonchev–Trinajstić information content (AvgIpc) is 2.53. The minimum absolute atomic E-state index is 0.382. The maximum absolute atomic E-state index is 11.1. The van der Waals surface area contributed by atoms with E-state index in [1.807, 2.05) is 54.6 Å². The van der Waals surface area contributed by atoms with E-state index in [9.17, 15) is 10.0 Å². The Balaban J connectivity index is 1.97. The van der Waals surface area contributed by atoms with Crippen LogP contribution in [0.4, 0.5) is 0 Å². The second kappa shape index (κ2) is 6.90. The predicted molar refractivity (Wildman–Crippen MR) is 79.9 cm³/mol. The van der Waals surface area contributed by atoms with E-state index in [1.54, 1.807) is 6.92 Å². The zero-order valence-electron chi connectivity index (χ0n) is 12.2. The van der Waals surface area contributed by atoms with Crippen molar-refractivity contribution in [3.63, 3.8) is 0 Å². The van der Waals surface area contributed by atoms with E-state index in [1.165, 1.54) is 6.92 Å². The van der Waals surface area contributed by atoms with Crippen molar-refractivity contribution in [2.24, 2.45) is 0 Å². The second-order valence-electron chi connectivity index (χ2n) is 4.88. The highest BCUT2D eigenvalue weighted by Gasteiger charge is 2.15. The van der Waals surface area contributed by atoms with Crippen molar-refractivity contribution in [2.75, 3.05) is 0 Å². The maximum Gasteiger partial charge on any atom is 0.243 e. The van der Waals surface area contributed by atoms with E-state index in [0.29, 0.717) is 6.61 Å². The fourth-order valence-corrected chi connectivity index (χ4v) is 2.00. The van der Waals surface area contributed by atoms with Crippen molar-refractivity contribution in [3.8, 4) is 5.75 Å². The monoisotopic (exact) mass is 285 g/mol. The maximum atomic E-state index is 11.1. The smallest absolute Gasteiger partial charge is 0.243 e. The molecule has 0 unspecified atom stereocenters. The molecular formula is C17H19NO3. The van der Waals surface area contributed by atoms with Crippen LogP contribution in [0.1, 0.15) is 31.0 Å². The van der Waals surface area contributed by atoms with Crippen molar-refractivity contribution in [1.29, 1.82) is 0 Å². The van der Waals surface area contributed by atoms with Crippen LogP contribution in [-0.2, 0) is 11.4 Å². The average molecular weight is 285 g/mol. The zero-order chi connectivity index (χ0) is 15.2. The Morgan fingerprint density at radius 1 is 1.14 bits per heavy atom. The minimum atomic E-state index is -0.384. The van der Waals surface area contributed by atoms with Crippen molar-refractivity contribution < 1.29 is 14.7 Å². The van der Waals surface area contributed by atoms with Gasteiger partial charge < -0.3 is 4.74 Å². The first-order valence-corrected chi connectivity index (χ1v) is 6.83. The fraction of sp³-hybridized carbons (Fsp3) is 0.235. The lowest BCUT2D eigenvalue weighted by molar-refractivity contribution is -0.172. The number of amides is 1. The van der Waals surface area contributed by atoms with Crippen LogP contribution in [0.25, 0.3) is 0 Å². The number of hydroxylamine groups is 2. The van der Waals surface area contributed by atoms with Crippen LogP contribution in [0, 0.1) is 0 Å². The summed E-state index contributed by atoms with van der Waals surface area (Å²) in [5.74, 6) is 0.369. The lowest BCUT2D eigenvalue weighted by atomic mass is 10.1. The summed E-state index contributed by atoms with van der Waals surface area (Å²) in [6.45, 7) is 3.60. The van der Waals surface area contributed by atoms with E-state index >= 15 is 0 Å². The number of carbonyl (C=O) groups is 1. The van der Waals surface area contributed by atoms with Crippen molar-refractivity contribution in [3.05, 3.63) is 65.7 Å². The van der Waals surface area contributed by atoms with E-state index in [0.717, 1.165) is 21.9 Å². The van der Waals surface area contributed by atoms with Gasteiger partial charge in [-0.25, -0.2) is 5.06 Å². The summed E-state index contributed by atoms with van der Waals surface area (Å²) in [7, 11) is 0. The normalized spacial score (nSPS) is 11.8. The van der Waals surface area contributed by atoms with E-state index in [2.05, 4.69) is 0 Å². The summed E-state index contributed by atoms with van der Waals surface area (Å²) < 4.78 is 5.69. The van der Waals surface area contributed by atoms with Crippen LogP contribution < -0.4 is 4.74 Å². The van der Waals surface area contributed by atoms with Crippen LogP contribution in [0.15, 0.2) is 54.6 Å². The van der Waals surface area contributed by atoms with Gasteiger partial charge in [0.2, 0.25) is 5.91 Å². The first kappa shape index (κ1) is 15.1. The molecule has 2 aromatic carbocycles. The summed E-state index contributed by atoms with van der Waals surface area (Å²) >= 11 is 0. The van der Waals surface area contributed by atoms with Crippen molar-refractivity contribution in [2.45, 2.75) is 26.5 Å². The Bertz CT molecular complexity index is 581. The molecule has 0 saturated heterocycles. The Labute approximate surface area is 124 Å². The molecule has 110 valence electrons. The molecule has 4 nitrogen and oxygen atoms in total. The molecule has 0 aliphatic heterocycles. The summed E-state index contributed by atoms with van der Waals surface area (Å²) in [4.78, 5) is 11.1. The Morgan fingerprint density at radius 3 is 2.33 bits per heavy atom. The third kappa shape index (κ3) is 4.07. The molecule has 0 aliphatic carbocycles. The topological polar surface area (TPSA) is 49.8 Å². The molecule has 0 spiro atoms. The Morgan fingerprint density at radius 2 is 1.76 bits per heavy atom. The van der Waals surface area contributed by atoms with Crippen LogP contribution in [-0.4, -0.2) is 16.2 Å². The van der Waals surface area contributed by atoms with Gasteiger partial charge in [-0.1, -0.05) is 42.5 Å². The summed E-state index contributed by atoms with van der Waals surface area (Å²) in [5, 5.41) is 10.3. The number of hydrogen-bond donors (Lipinski definition) is 1. The van der Waals surface area contributed by atoms with E-state index in [4.69, 9.17) is 4.74 Å². The largest absolute Gasteiger partial charge is 0.489 e. The number of carbonyl (C=O) groups excluding carboxylic acids is 1. The van der Waals surface area contributed by atoms with Crippen LogP contribution >= 0.6 is 0 Å². The second-order valence-corrected chi connectivity index (χ2v) is 4.88. The molecule has 1 atom stereocenters. The van der Waals surface area contributed by atoms with E-state index in [-0.39, 0.29) is 11.9 Å². The van der Waals surface area contributed by atoms with Crippen LogP contribution in [0.2, 0.25) is 0 Å². The van der Waals surface area contributed by atoms with Gasteiger partial charge in [-0.05, 0) is 30.2 Å². The van der Waals surface area contributed by atoms with Crippen LogP contribution in [0.5, 0.6) is 5.75 Å². The molecule has 0 saturated carbocycles. The molecule has 2 aromatic rings. The molecule has 0 bridgehead atoms. The quantitative estimate of drug-likeness (QED) is 0.675. The van der Waals surface area contributed by atoms with Crippen LogP contribution in [0.3, 0.4) is 0 Å². The van der Waals surface area contributed by atoms with Gasteiger partial charge in [-0.3, -0.25) is 10.0 Å². The lowest BCUT2D eigenvalue weighted by Crippen LogP contribution is -2.27. The molecule has 0 aliphatic rings. The molecule has 1 amide bonds. The summed E-state index contributed by atoms with van der Waals surface area (Å²) in [6, 6.07) is 16.9. The highest BCUT2D eigenvalue weighted by atomic mass is 16.5. The Kier molecular flexibility index (Phi) is 4.95. The molecule has 4 heteroatoms. The molecule has 0 fully saturated rings. The first-order valence-electron chi connectivity index (χ1n) is 6.83. The fourth-order valence-electron chi connectivity index (χ4n) is 2.00. The van der Waals surface area contributed by atoms with Gasteiger partial charge in [0.05, 0.1) is 6.04 Å². The third-order valence-electron chi connectivity index (χ3n) is 3.30. The molecule has 0 aromatic heterocycles. The number of rotatable bonds is 5. The van der Waals surface area contributed by atoms with Gasteiger partial charge in [-0.2, -0.15) is 0 Å². The first-order chi connectivity index (χ1) is 10.1. The SMILES string of the molecule is CC(=O)N(O)[C@H](C)c1ccc(OCc2ccccc2)cc1. The Hall–Kier alpha value is -2.33. The summed E-state index contributed by atoms with van der Waals surface area (Å²) in [5.41, 5.74) is 1.95. The number of nitrogens with zero attached hydrogens (tertiary/aromatic N) is 1. The van der Waals surface area contributed by atoms with Crippen molar-refractivity contribution in [1.82, 2.24) is 5.06 Å². The molecular weight excluding hydrogens is 266 g/mol. The van der Waals surface area contributed by atoms with Gasteiger partial charge in [-0.15, -0.1) is 0 Å². The van der Waals surface area contributed by atoms with Gasteiger partial charge >= 0.3 is 0 Å². The standard InChI is InChI=1S/C17H19NO3/c1-13(18(20)14(2)19)16-8-10-17(11-9-16)21-12-15-6-4-3-5-7-15/h3-11,13,20H,12H2,1-2H3/t13-/m1/s1. The van der Waals surface area contributed by atoms with Crippen molar-refractivity contribution >= 4 is 5.91 Å². The minimum Gasteiger partial charge on any atom is -0.489 e. The van der Waals surface area contributed by atoms with Gasteiger partial charge in [0.15, 0.2) is 0 Å². The molecule has 2 rings (SSSR count). The van der Waals surface area contributed by atoms with Gasteiger partial charge in [0.25, 0.3) is 0 Å².